The van der Waals surface area contributed by atoms with Crippen LogP contribution in [0.4, 0.5) is 0 Å². The second kappa shape index (κ2) is 9.99. The van der Waals surface area contributed by atoms with Gasteiger partial charge in [0, 0.05) is 16.6 Å². The van der Waals surface area contributed by atoms with Gasteiger partial charge in [-0.15, -0.1) is 0 Å². The fourth-order valence-corrected chi connectivity index (χ4v) is 2.67. The van der Waals surface area contributed by atoms with Crippen LogP contribution in [0.25, 0.3) is 0 Å². The summed E-state index contributed by atoms with van der Waals surface area (Å²) in [5.41, 5.74) is 1.84. The number of hydrogen-bond donors (Lipinski definition) is 2. The highest BCUT2D eigenvalue weighted by molar-refractivity contribution is 9.10. The molecule has 1 atom stereocenters. The third-order valence-corrected chi connectivity index (χ3v) is 4.41. The Labute approximate surface area is 157 Å². The van der Waals surface area contributed by atoms with E-state index < -0.39 is 6.04 Å². The number of benzene rings is 2. The van der Waals surface area contributed by atoms with Gasteiger partial charge in [-0.3, -0.25) is 9.59 Å². The van der Waals surface area contributed by atoms with Crippen molar-refractivity contribution in [1.82, 2.24) is 10.6 Å². The lowest BCUT2D eigenvalue weighted by atomic mass is 10.1. The predicted octanol–water partition coefficient (Wildman–Crippen LogP) is 3.71. The molecule has 0 spiro atoms. The van der Waals surface area contributed by atoms with Crippen molar-refractivity contribution in [1.29, 1.82) is 0 Å². The standard InChI is InChI=1S/C20H23BrN2O2/c1-15(23-20(25)17-10-12-18(21)13-11-17)19(24)22-14-6-5-9-16-7-3-2-4-8-16/h2-4,7-8,10-13,15H,5-6,9,14H2,1H3,(H,22,24)(H,23,25)/t15-/m0/s1. The normalized spacial score (nSPS) is 11.6. The van der Waals surface area contributed by atoms with Crippen LogP contribution in [0, 0.1) is 0 Å². The SMILES string of the molecule is C[C@H](NC(=O)c1ccc(Br)cc1)C(=O)NCCCCc1ccccc1. The van der Waals surface area contributed by atoms with Crippen molar-refractivity contribution in [3.8, 4) is 0 Å². The van der Waals surface area contributed by atoms with Crippen LogP contribution < -0.4 is 10.6 Å². The van der Waals surface area contributed by atoms with Gasteiger partial charge in [0.05, 0.1) is 0 Å². The molecular formula is C20H23BrN2O2. The molecule has 0 unspecified atom stereocenters. The van der Waals surface area contributed by atoms with Gasteiger partial charge in [0.2, 0.25) is 5.91 Å². The Morgan fingerprint density at radius 3 is 2.36 bits per heavy atom. The molecule has 25 heavy (non-hydrogen) atoms. The summed E-state index contributed by atoms with van der Waals surface area (Å²) in [5.74, 6) is -0.413. The molecule has 2 amide bonds. The Morgan fingerprint density at radius 1 is 1.00 bits per heavy atom. The van der Waals surface area contributed by atoms with Gasteiger partial charge in [0.25, 0.3) is 5.91 Å². The van der Waals surface area contributed by atoms with E-state index >= 15 is 0 Å². The highest BCUT2D eigenvalue weighted by Gasteiger charge is 2.15. The van der Waals surface area contributed by atoms with E-state index in [1.165, 1.54) is 5.56 Å². The summed E-state index contributed by atoms with van der Waals surface area (Å²) < 4.78 is 0.908. The Hall–Kier alpha value is -2.14. The molecule has 0 saturated carbocycles. The quantitative estimate of drug-likeness (QED) is 0.661. The number of amides is 2. The number of carbonyl (C=O) groups excluding carboxylic acids is 2. The fourth-order valence-electron chi connectivity index (χ4n) is 2.41. The van der Waals surface area contributed by atoms with Crippen molar-refractivity contribution < 1.29 is 9.59 Å². The number of nitrogens with one attached hydrogen (secondary N) is 2. The zero-order valence-corrected chi connectivity index (χ0v) is 15.9. The maximum absolute atomic E-state index is 12.1. The molecule has 2 N–H and O–H groups in total. The van der Waals surface area contributed by atoms with Gasteiger partial charge < -0.3 is 10.6 Å². The average Bonchev–Trinajstić information content (AvgIpc) is 2.62. The zero-order chi connectivity index (χ0) is 18.1. The minimum atomic E-state index is -0.565. The molecule has 0 aliphatic rings. The molecule has 0 aliphatic carbocycles. The highest BCUT2D eigenvalue weighted by atomic mass is 79.9. The van der Waals surface area contributed by atoms with Gasteiger partial charge >= 0.3 is 0 Å². The minimum absolute atomic E-state index is 0.162. The van der Waals surface area contributed by atoms with Crippen LogP contribution in [0.3, 0.4) is 0 Å². The number of hydrogen-bond acceptors (Lipinski definition) is 2. The topological polar surface area (TPSA) is 58.2 Å². The van der Waals surface area contributed by atoms with E-state index in [1.807, 2.05) is 18.2 Å². The summed E-state index contributed by atoms with van der Waals surface area (Å²) >= 11 is 3.33. The van der Waals surface area contributed by atoms with E-state index in [9.17, 15) is 9.59 Å². The maximum atomic E-state index is 12.1. The summed E-state index contributed by atoms with van der Waals surface area (Å²) in [6.07, 6.45) is 2.94. The van der Waals surface area contributed by atoms with Crippen molar-refractivity contribution in [2.24, 2.45) is 0 Å². The third-order valence-electron chi connectivity index (χ3n) is 3.88. The van der Waals surface area contributed by atoms with Crippen LogP contribution in [0.5, 0.6) is 0 Å². The predicted molar refractivity (Wildman–Crippen MR) is 103 cm³/mol. The molecule has 4 nitrogen and oxygen atoms in total. The molecule has 0 aromatic heterocycles. The van der Waals surface area contributed by atoms with Crippen molar-refractivity contribution >= 4 is 27.7 Å². The first-order chi connectivity index (χ1) is 12.1. The van der Waals surface area contributed by atoms with Gasteiger partial charge in [0.1, 0.15) is 6.04 Å². The molecule has 0 bridgehead atoms. The first kappa shape index (κ1) is 19.2. The Morgan fingerprint density at radius 2 is 1.68 bits per heavy atom. The number of aryl methyl sites for hydroxylation is 1. The fraction of sp³-hybridized carbons (Fsp3) is 0.300. The molecule has 0 fully saturated rings. The van der Waals surface area contributed by atoms with Crippen LogP contribution in [-0.2, 0) is 11.2 Å². The van der Waals surface area contributed by atoms with Crippen LogP contribution in [0.1, 0.15) is 35.7 Å². The molecule has 2 rings (SSSR count). The van der Waals surface area contributed by atoms with Gasteiger partial charge in [-0.05, 0) is 56.0 Å². The molecule has 0 saturated heterocycles. The minimum Gasteiger partial charge on any atom is -0.354 e. The molecule has 0 aliphatic heterocycles. The number of halogens is 1. The highest BCUT2D eigenvalue weighted by Crippen LogP contribution is 2.10. The largest absolute Gasteiger partial charge is 0.354 e. The number of carbonyl (C=O) groups is 2. The van der Waals surface area contributed by atoms with Gasteiger partial charge in [-0.1, -0.05) is 46.3 Å². The van der Waals surface area contributed by atoms with Crippen molar-refractivity contribution in [3.05, 3.63) is 70.2 Å². The van der Waals surface area contributed by atoms with E-state index in [0.29, 0.717) is 12.1 Å². The summed E-state index contributed by atoms with van der Waals surface area (Å²) in [6.45, 7) is 2.31. The van der Waals surface area contributed by atoms with Crippen molar-refractivity contribution in [3.63, 3.8) is 0 Å². The van der Waals surface area contributed by atoms with E-state index in [2.05, 4.69) is 38.7 Å². The Kier molecular flexibility index (Phi) is 7.67. The lowest BCUT2D eigenvalue weighted by Crippen LogP contribution is -2.45. The smallest absolute Gasteiger partial charge is 0.251 e. The molecule has 0 heterocycles. The monoisotopic (exact) mass is 402 g/mol. The molecule has 5 heteroatoms. The summed E-state index contributed by atoms with van der Waals surface area (Å²) in [7, 11) is 0. The average molecular weight is 403 g/mol. The van der Waals surface area contributed by atoms with Crippen molar-refractivity contribution in [2.75, 3.05) is 6.54 Å². The zero-order valence-electron chi connectivity index (χ0n) is 14.3. The van der Waals surface area contributed by atoms with Crippen molar-refractivity contribution in [2.45, 2.75) is 32.2 Å². The van der Waals surface area contributed by atoms with E-state index in [1.54, 1.807) is 31.2 Å². The maximum Gasteiger partial charge on any atom is 0.251 e. The second-order valence-electron chi connectivity index (χ2n) is 5.94. The van der Waals surface area contributed by atoms with E-state index in [0.717, 1.165) is 23.7 Å². The van der Waals surface area contributed by atoms with E-state index in [4.69, 9.17) is 0 Å². The summed E-state index contributed by atoms with van der Waals surface area (Å²) in [4.78, 5) is 24.2. The summed E-state index contributed by atoms with van der Waals surface area (Å²) in [6, 6.07) is 16.8. The van der Waals surface area contributed by atoms with Crippen LogP contribution in [0.15, 0.2) is 59.1 Å². The Bertz CT molecular complexity index is 687. The lowest BCUT2D eigenvalue weighted by Gasteiger charge is -2.14. The van der Waals surface area contributed by atoms with Gasteiger partial charge in [-0.25, -0.2) is 0 Å². The van der Waals surface area contributed by atoms with Crippen LogP contribution in [-0.4, -0.2) is 24.4 Å². The Balaban J connectivity index is 1.66. The molecular weight excluding hydrogens is 380 g/mol. The molecule has 0 radical (unpaired) electrons. The van der Waals surface area contributed by atoms with Crippen LogP contribution in [0.2, 0.25) is 0 Å². The number of rotatable bonds is 8. The van der Waals surface area contributed by atoms with Crippen LogP contribution >= 0.6 is 15.9 Å². The molecule has 2 aromatic carbocycles. The van der Waals surface area contributed by atoms with E-state index in [-0.39, 0.29) is 11.8 Å². The third kappa shape index (κ3) is 6.70. The first-order valence-corrected chi connectivity index (χ1v) is 9.23. The first-order valence-electron chi connectivity index (χ1n) is 8.44. The lowest BCUT2D eigenvalue weighted by molar-refractivity contribution is -0.122. The second-order valence-corrected chi connectivity index (χ2v) is 6.85. The van der Waals surface area contributed by atoms with Gasteiger partial charge in [0.15, 0.2) is 0 Å². The summed E-state index contributed by atoms with van der Waals surface area (Å²) in [5, 5.41) is 5.59. The number of unbranched alkanes of at least 4 members (excludes halogenated alkanes) is 1. The van der Waals surface area contributed by atoms with Gasteiger partial charge in [-0.2, -0.15) is 0 Å². The molecule has 132 valence electrons. The molecule has 2 aromatic rings.